The molecule has 8 heteroatoms. The van der Waals surface area contributed by atoms with Crippen molar-refractivity contribution in [1.82, 2.24) is 14.9 Å². The van der Waals surface area contributed by atoms with E-state index in [1.807, 2.05) is 4.90 Å². The molecule has 0 bridgehead atoms. The molecule has 0 fully saturated rings. The maximum atomic E-state index is 14.3. The molecular weight excluding hydrogens is 327 g/mol. The number of hydrogen-bond donors (Lipinski definition) is 1. The second kappa shape index (κ2) is 7.02. The number of nitrogens with zero attached hydrogens (tertiary/aromatic N) is 3. The van der Waals surface area contributed by atoms with Gasteiger partial charge in [-0.05, 0) is 18.1 Å². The summed E-state index contributed by atoms with van der Waals surface area (Å²) >= 11 is 0. The van der Waals surface area contributed by atoms with E-state index in [0.29, 0.717) is 30.2 Å². The molecule has 0 atom stereocenters. The van der Waals surface area contributed by atoms with E-state index in [9.17, 15) is 9.18 Å². The van der Waals surface area contributed by atoms with Crippen LogP contribution in [0.25, 0.3) is 0 Å². The first-order valence-corrected chi connectivity index (χ1v) is 7.79. The van der Waals surface area contributed by atoms with Gasteiger partial charge in [0.2, 0.25) is 5.82 Å². The number of carbonyl (C=O) groups excluding carboxylic acids is 1. The Labute approximate surface area is 144 Å². The SMILES string of the molecule is COc1cc(F)c(CN2CCc3cnc(C(N)=O)nc3C2)cc1OC. The van der Waals surface area contributed by atoms with Crippen molar-refractivity contribution >= 4 is 5.91 Å². The van der Waals surface area contributed by atoms with Crippen LogP contribution in [-0.4, -0.2) is 41.5 Å². The van der Waals surface area contributed by atoms with Crippen LogP contribution in [0.3, 0.4) is 0 Å². The molecule has 0 aliphatic carbocycles. The number of methoxy groups -OCH3 is 2. The molecular formula is C17H19FN4O3. The summed E-state index contributed by atoms with van der Waals surface area (Å²) in [4.78, 5) is 21.5. The standard InChI is InChI=1S/C17H19FN4O3/c1-24-14-5-11(12(18)6-15(14)25-2)8-22-4-3-10-7-20-17(16(19)23)21-13(10)9-22/h5-7H,3-4,8-9H2,1-2H3,(H2,19,23). The molecule has 0 unspecified atom stereocenters. The minimum atomic E-state index is -0.661. The third-order valence-electron chi connectivity index (χ3n) is 4.19. The Morgan fingerprint density at radius 3 is 2.72 bits per heavy atom. The summed E-state index contributed by atoms with van der Waals surface area (Å²) in [5.74, 6) is -0.186. The number of nitrogens with two attached hydrogens (primary N) is 1. The second-order valence-corrected chi connectivity index (χ2v) is 5.79. The van der Waals surface area contributed by atoms with Gasteiger partial charge in [-0.2, -0.15) is 0 Å². The highest BCUT2D eigenvalue weighted by atomic mass is 19.1. The van der Waals surface area contributed by atoms with Gasteiger partial charge in [0, 0.05) is 37.5 Å². The number of primary amides is 1. The Morgan fingerprint density at radius 1 is 1.32 bits per heavy atom. The topological polar surface area (TPSA) is 90.6 Å². The predicted octanol–water partition coefficient (Wildman–Crippen LogP) is 1.29. The quantitative estimate of drug-likeness (QED) is 0.877. The van der Waals surface area contributed by atoms with Crippen molar-refractivity contribution in [1.29, 1.82) is 0 Å². The van der Waals surface area contributed by atoms with E-state index >= 15 is 0 Å². The average Bonchev–Trinajstić information content (AvgIpc) is 2.62. The molecule has 0 saturated carbocycles. The first-order valence-electron chi connectivity index (χ1n) is 7.79. The lowest BCUT2D eigenvalue weighted by molar-refractivity contribution is 0.0989. The zero-order chi connectivity index (χ0) is 18.0. The molecule has 2 heterocycles. The Hall–Kier alpha value is -2.74. The Morgan fingerprint density at radius 2 is 2.04 bits per heavy atom. The fourth-order valence-electron chi connectivity index (χ4n) is 2.87. The number of rotatable bonds is 5. The van der Waals surface area contributed by atoms with Gasteiger partial charge in [-0.15, -0.1) is 0 Å². The minimum absolute atomic E-state index is 0.00195. The van der Waals surface area contributed by atoms with Crippen LogP contribution in [0.1, 0.15) is 27.4 Å². The molecule has 132 valence electrons. The van der Waals surface area contributed by atoms with Gasteiger partial charge in [0.25, 0.3) is 5.91 Å². The zero-order valence-electron chi connectivity index (χ0n) is 14.1. The summed E-state index contributed by atoms with van der Waals surface area (Å²) in [6.07, 6.45) is 2.36. The molecule has 25 heavy (non-hydrogen) atoms. The van der Waals surface area contributed by atoms with Crippen LogP contribution in [0.5, 0.6) is 11.5 Å². The van der Waals surface area contributed by atoms with Crippen molar-refractivity contribution in [3.05, 3.63) is 46.8 Å². The molecule has 1 aliphatic rings. The average molecular weight is 346 g/mol. The molecule has 1 aliphatic heterocycles. The van der Waals surface area contributed by atoms with E-state index < -0.39 is 5.91 Å². The molecule has 1 aromatic carbocycles. The highest BCUT2D eigenvalue weighted by Gasteiger charge is 2.21. The molecule has 2 N–H and O–H groups in total. The van der Waals surface area contributed by atoms with Gasteiger partial charge in [-0.25, -0.2) is 14.4 Å². The fourth-order valence-corrected chi connectivity index (χ4v) is 2.87. The van der Waals surface area contributed by atoms with Crippen LogP contribution in [0.2, 0.25) is 0 Å². The first-order chi connectivity index (χ1) is 12.0. The molecule has 3 rings (SSSR count). The molecule has 0 radical (unpaired) electrons. The molecule has 1 amide bonds. The summed E-state index contributed by atoms with van der Waals surface area (Å²) in [6, 6.07) is 2.96. The fraction of sp³-hybridized carbons (Fsp3) is 0.353. The number of halogens is 1. The van der Waals surface area contributed by atoms with Crippen molar-refractivity contribution in [2.24, 2.45) is 5.73 Å². The summed E-state index contributed by atoms with van der Waals surface area (Å²) in [5, 5.41) is 0. The number of carbonyl (C=O) groups is 1. The summed E-state index contributed by atoms with van der Waals surface area (Å²) in [6.45, 7) is 1.62. The van der Waals surface area contributed by atoms with Crippen LogP contribution in [0, 0.1) is 5.82 Å². The maximum Gasteiger partial charge on any atom is 0.286 e. The van der Waals surface area contributed by atoms with Gasteiger partial charge in [0.15, 0.2) is 11.5 Å². The van der Waals surface area contributed by atoms with Crippen LogP contribution < -0.4 is 15.2 Å². The van der Waals surface area contributed by atoms with Gasteiger partial charge in [0.1, 0.15) is 5.82 Å². The van der Waals surface area contributed by atoms with Crippen LogP contribution in [0.4, 0.5) is 4.39 Å². The lowest BCUT2D eigenvalue weighted by Gasteiger charge is -2.28. The lowest BCUT2D eigenvalue weighted by Crippen LogP contribution is -2.32. The summed E-state index contributed by atoms with van der Waals surface area (Å²) in [5.41, 5.74) is 7.46. The van der Waals surface area contributed by atoms with Gasteiger partial charge in [0.05, 0.1) is 19.9 Å². The second-order valence-electron chi connectivity index (χ2n) is 5.79. The lowest BCUT2D eigenvalue weighted by atomic mass is 10.1. The number of ether oxygens (including phenoxy) is 2. The zero-order valence-corrected chi connectivity index (χ0v) is 14.1. The normalized spacial score (nSPS) is 14.0. The largest absolute Gasteiger partial charge is 0.493 e. The van der Waals surface area contributed by atoms with Crippen LogP contribution >= 0.6 is 0 Å². The number of hydrogen-bond acceptors (Lipinski definition) is 6. The van der Waals surface area contributed by atoms with Gasteiger partial charge >= 0.3 is 0 Å². The smallest absolute Gasteiger partial charge is 0.286 e. The summed E-state index contributed by atoms with van der Waals surface area (Å²) in [7, 11) is 2.98. The van der Waals surface area contributed by atoms with Gasteiger partial charge < -0.3 is 15.2 Å². The van der Waals surface area contributed by atoms with Crippen molar-refractivity contribution in [3.63, 3.8) is 0 Å². The molecule has 0 saturated heterocycles. The number of amides is 1. The first kappa shape index (κ1) is 17.1. The van der Waals surface area contributed by atoms with Gasteiger partial charge in [-0.3, -0.25) is 9.69 Å². The molecule has 0 spiro atoms. The highest BCUT2D eigenvalue weighted by molar-refractivity contribution is 5.88. The molecule has 7 nitrogen and oxygen atoms in total. The minimum Gasteiger partial charge on any atom is -0.493 e. The van der Waals surface area contributed by atoms with E-state index in [2.05, 4.69) is 9.97 Å². The predicted molar refractivity (Wildman–Crippen MR) is 87.9 cm³/mol. The van der Waals surface area contributed by atoms with Crippen LogP contribution in [0.15, 0.2) is 18.3 Å². The monoisotopic (exact) mass is 346 g/mol. The third kappa shape index (κ3) is 3.53. The number of benzene rings is 1. The van der Waals surface area contributed by atoms with Gasteiger partial charge in [-0.1, -0.05) is 0 Å². The van der Waals surface area contributed by atoms with Crippen molar-refractivity contribution < 1.29 is 18.7 Å². The Bertz CT molecular complexity index is 813. The number of aromatic nitrogens is 2. The van der Waals surface area contributed by atoms with E-state index in [0.717, 1.165) is 24.2 Å². The summed E-state index contributed by atoms with van der Waals surface area (Å²) < 4.78 is 24.7. The van der Waals surface area contributed by atoms with E-state index in [1.54, 1.807) is 12.3 Å². The van der Waals surface area contributed by atoms with Crippen molar-refractivity contribution in [2.75, 3.05) is 20.8 Å². The third-order valence-corrected chi connectivity index (χ3v) is 4.19. The van der Waals surface area contributed by atoms with E-state index in [1.165, 1.54) is 20.3 Å². The van der Waals surface area contributed by atoms with Crippen molar-refractivity contribution in [2.45, 2.75) is 19.5 Å². The van der Waals surface area contributed by atoms with E-state index in [-0.39, 0.29) is 11.6 Å². The Kier molecular flexibility index (Phi) is 4.80. The number of fused-ring (bicyclic) bond motifs is 1. The van der Waals surface area contributed by atoms with E-state index in [4.69, 9.17) is 15.2 Å². The highest BCUT2D eigenvalue weighted by Crippen LogP contribution is 2.31. The molecule has 2 aromatic rings. The van der Waals surface area contributed by atoms with Crippen molar-refractivity contribution in [3.8, 4) is 11.5 Å². The molecule has 1 aromatic heterocycles. The van der Waals surface area contributed by atoms with Crippen LogP contribution in [-0.2, 0) is 19.5 Å². The Balaban J connectivity index is 1.81. The maximum absolute atomic E-state index is 14.3.